The third-order valence-corrected chi connectivity index (χ3v) is 3.70. The van der Waals surface area contributed by atoms with Gasteiger partial charge >= 0.3 is 0 Å². The molecule has 1 aliphatic rings. The summed E-state index contributed by atoms with van der Waals surface area (Å²) < 4.78 is 19.8. The van der Waals surface area contributed by atoms with E-state index in [0.717, 1.165) is 42.6 Å². The zero-order valence-corrected chi connectivity index (χ0v) is 11.4. The largest absolute Gasteiger partial charge is 0.378 e. The Kier molecular flexibility index (Phi) is 4.36. The Morgan fingerprint density at radius 2 is 2.22 bits per heavy atom. The molecule has 1 saturated heterocycles. The van der Waals surface area contributed by atoms with Gasteiger partial charge < -0.3 is 10.1 Å². The van der Waals surface area contributed by atoms with Crippen LogP contribution in [-0.2, 0) is 4.74 Å². The minimum atomic E-state index is -0.107. The van der Waals surface area contributed by atoms with Gasteiger partial charge in [-0.3, -0.25) is 0 Å². The summed E-state index contributed by atoms with van der Waals surface area (Å²) in [4.78, 5) is 0. The third kappa shape index (κ3) is 2.90. The van der Waals surface area contributed by atoms with E-state index in [0.29, 0.717) is 0 Å². The zero-order valence-electron chi connectivity index (χ0n) is 11.4. The van der Waals surface area contributed by atoms with E-state index in [1.807, 2.05) is 27.0 Å². The molecule has 1 heterocycles. The third-order valence-electron chi connectivity index (χ3n) is 3.70. The highest BCUT2D eigenvalue weighted by Crippen LogP contribution is 2.29. The van der Waals surface area contributed by atoms with E-state index in [-0.39, 0.29) is 18.0 Å². The van der Waals surface area contributed by atoms with Gasteiger partial charge in [-0.05, 0) is 57.4 Å². The van der Waals surface area contributed by atoms with Crippen molar-refractivity contribution >= 4 is 0 Å². The Labute approximate surface area is 109 Å². The summed E-state index contributed by atoms with van der Waals surface area (Å²) in [5.41, 5.74) is 2.78. The number of aryl methyl sites for hydroxylation is 2. The van der Waals surface area contributed by atoms with Crippen LogP contribution in [-0.4, -0.2) is 19.8 Å². The van der Waals surface area contributed by atoms with Crippen molar-refractivity contribution in [1.29, 1.82) is 0 Å². The van der Waals surface area contributed by atoms with Crippen molar-refractivity contribution in [1.82, 2.24) is 5.32 Å². The Bertz CT molecular complexity index is 390. The maximum atomic E-state index is 14.1. The fraction of sp³-hybridized carbons (Fsp3) is 0.600. The molecule has 0 bridgehead atoms. The molecule has 100 valence electrons. The molecule has 0 amide bonds. The second kappa shape index (κ2) is 5.81. The average molecular weight is 251 g/mol. The quantitative estimate of drug-likeness (QED) is 0.886. The molecule has 3 heteroatoms. The van der Waals surface area contributed by atoms with Crippen LogP contribution in [0.2, 0.25) is 0 Å². The Morgan fingerprint density at radius 3 is 2.78 bits per heavy atom. The van der Waals surface area contributed by atoms with E-state index in [9.17, 15) is 4.39 Å². The summed E-state index contributed by atoms with van der Waals surface area (Å²) in [6.07, 6.45) is 3.32. The van der Waals surface area contributed by atoms with Crippen LogP contribution in [0.25, 0.3) is 0 Å². The van der Waals surface area contributed by atoms with Gasteiger partial charge in [0.15, 0.2) is 0 Å². The zero-order chi connectivity index (χ0) is 13.1. The first-order valence-electron chi connectivity index (χ1n) is 6.67. The summed E-state index contributed by atoms with van der Waals surface area (Å²) in [6, 6.07) is 3.69. The first kappa shape index (κ1) is 13.5. The van der Waals surface area contributed by atoms with E-state index in [2.05, 4.69) is 5.32 Å². The van der Waals surface area contributed by atoms with Crippen molar-refractivity contribution < 1.29 is 9.13 Å². The predicted octanol–water partition coefficient (Wildman–Crippen LogP) is 3.27. The number of benzene rings is 1. The van der Waals surface area contributed by atoms with Gasteiger partial charge in [0.05, 0.1) is 6.10 Å². The summed E-state index contributed by atoms with van der Waals surface area (Å²) >= 11 is 0. The van der Waals surface area contributed by atoms with Crippen LogP contribution in [0.1, 0.15) is 42.0 Å². The predicted molar refractivity (Wildman–Crippen MR) is 71.3 cm³/mol. The van der Waals surface area contributed by atoms with Crippen LogP contribution in [0, 0.1) is 19.7 Å². The lowest BCUT2D eigenvalue weighted by atomic mass is 9.94. The van der Waals surface area contributed by atoms with Crippen molar-refractivity contribution in [3.63, 3.8) is 0 Å². The monoisotopic (exact) mass is 251 g/mol. The van der Waals surface area contributed by atoms with Gasteiger partial charge in [-0.2, -0.15) is 0 Å². The minimum Gasteiger partial charge on any atom is -0.378 e. The Hall–Kier alpha value is -0.930. The Balaban J connectivity index is 2.21. The van der Waals surface area contributed by atoms with Crippen molar-refractivity contribution in [2.24, 2.45) is 0 Å². The van der Waals surface area contributed by atoms with Gasteiger partial charge in [-0.25, -0.2) is 4.39 Å². The summed E-state index contributed by atoms with van der Waals surface area (Å²) in [7, 11) is 1.89. The van der Waals surface area contributed by atoms with Crippen molar-refractivity contribution in [3.05, 3.63) is 34.6 Å². The highest BCUT2D eigenvalue weighted by molar-refractivity contribution is 5.34. The maximum absolute atomic E-state index is 14.1. The molecule has 2 rings (SSSR count). The molecule has 1 N–H and O–H groups in total. The standard InChI is InChI=1S/C15H22FNO/c1-10-7-11(2)15(13(16)8-10)14(17-3)9-12-5-4-6-18-12/h7-8,12,14,17H,4-6,9H2,1-3H3. The molecular formula is C15H22FNO. The number of halogens is 1. The van der Waals surface area contributed by atoms with Gasteiger partial charge in [-0.15, -0.1) is 0 Å². The molecule has 1 aromatic carbocycles. The van der Waals surface area contributed by atoms with Crippen LogP contribution < -0.4 is 5.32 Å². The van der Waals surface area contributed by atoms with Crippen LogP contribution in [0.15, 0.2) is 12.1 Å². The second-order valence-corrected chi connectivity index (χ2v) is 5.19. The van der Waals surface area contributed by atoms with Gasteiger partial charge in [0, 0.05) is 18.2 Å². The minimum absolute atomic E-state index is 0.0358. The van der Waals surface area contributed by atoms with Crippen LogP contribution in [0.5, 0.6) is 0 Å². The average Bonchev–Trinajstić information content (AvgIpc) is 2.79. The van der Waals surface area contributed by atoms with Gasteiger partial charge in [-0.1, -0.05) is 6.07 Å². The molecule has 1 aliphatic heterocycles. The highest BCUT2D eigenvalue weighted by atomic mass is 19.1. The fourth-order valence-electron chi connectivity index (χ4n) is 2.84. The molecule has 18 heavy (non-hydrogen) atoms. The van der Waals surface area contributed by atoms with Crippen LogP contribution in [0.3, 0.4) is 0 Å². The first-order valence-corrected chi connectivity index (χ1v) is 6.67. The molecular weight excluding hydrogens is 229 g/mol. The van der Waals surface area contributed by atoms with Gasteiger partial charge in [0.1, 0.15) is 5.82 Å². The van der Waals surface area contributed by atoms with Crippen molar-refractivity contribution in [3.8, 4) is 0 Å². The lowest BCUT2D eigenvalue weighted by Gasteiger charge is -2.22. The van der Waals surface area contributed by atoms with E-state index >= 15 is 0 Å². The summed E-state index contributed by atoms with van der Waals surface area (Å²) in [6.45, 7) is 4.75. The number of hydrogen-bond acceptors (Lipinski definition) is 2. The number of hydrogen-bond donors (Lipinski definition) is 1. The number of nitrogens with one attached hydrogen (secondary N) is 1. The van der Waals surface area contributed by atoms with Gasteiger partial charge in [0.2, 0.25) is 0 Å². The van der Waals surface area contributed by atoms with Crippen LogP contribution in [0.4, 0.5) is 4.39 Å². The molecule has 0 aliphatic carbocycles. The molecule has 1 aromatic rings. The topological polar surface area (TPSA) is 21.3 Å². The van der Waals surface area contributed by atoms with E-state index in [4.69, 9.17) is 4.74 Å². The SMILES string of the molecule is CNC(CC1CCCO1)c1c(C)cc(C)cc1F. The molecule has 2 nitrogen and oxygen atoms in total. The number of ether oxygens (including phenoxy) is 1. The molecule has 1 fully saturated rings. The summed E-state index contributed by atoms with van der Waals surface area (Å²) in [5, 5.41) is 3.23. The molecule has 2 unspecified atom stereocenters. The van der Waals surface area contributed by atoms with Crippen molar-refractivity contribution in [2.75, 3.05) is 13.7 Å². The molecule has 2 atom stereocenters. The lowest BCUT2D eigenvalue weighted by Crippen LogP contribution is -2.24. The molecule has 0 saturated carbocycles. The van der Waals surface area contributed by atoms with E-state index < -0.39 is 0 Å². The highest BCUT2D eigenvalue weighted by Gasteiger charge is 2.24. The second-order valence-electron chi connectivity index (χ2n) is 5.19. The smallest absolute Gasteiger partial charge is 0.128 e. The molecule has 0 aromatic heterocycles. The van der Waals surface area contributed by atoms with E-state index in [1.165, 1.54) is 0 Å². The normalized spacial score (nSPS) is 21.2. The maximum Gasteiger partial charge on any atom is 0.128 e. The molecule has 0 spiro atoms. The first-order chi connectivity index (χ1) is 8.61. The summed E-state index contributed by atoms with van der Waals surface area (Å²) in [5.74, 6) is -0.107. The fourth-order valence-corrected chi connectivity index (χ4v) is 2.84. The van der Waals surface area contributed by atoms with Crippen molar-refractivity contribution in [2.45, 2.75) is 45.3 Å². The molecule has 0 radical (unpaired) electrons. The van der Waals surface area contributed by atoms with E-state index in [1.54, 1.807) is 6.07 Å². The van der Waals surface area contributed by atoms with Gasteiger partial charge in [0.25, 0.3) is 0 Å². The Morgan fingerprint density at radius 1 is 1.44 bits per heavy atom. The number of rotatable bonds is 4. The lowest BCUT2D eigenvalue weighted by molar-refractivity contribution is 0.0950. The van der Waals surface area contributed by atoms with Crippen LogP contribution >= 0.6 is 0 Å².